The summed E-state index contributed by atoms with van der Waals surface area (Å²) in [6.07, 6.45) is 12.8. The molecule has 1 heterocycles. The molecule has 166 valence electrons. The normalized spacial score (nSPS) is 22.9. The molecule has 1 aliphatic heterocycles. The summed E-state index contributed by atoms with van der Waals surface area (Å²) in [6.45, 7) is 3.82. The number of hydrazone groups is 1. The van der Waals surface area contributed by atoms with Gasteiger partial charge in [0.05, 0.1) is 7.11 Å². The Kier molecular flexibility index (Phi) is 11.6. The molecule has 1 aliphatic carbocycles. The average molecular weight is 421 g/mol. The minimum atomic E-state index is -1.26. The highest BCUT2D eigenvalue weighted by Crippen LogP contribution is 2.28. The minimum Gasteiger partial charge on any atom is -0.497 e. The third kappa shape index (κ3) is 9.87. The molecule has 0 aromatic rings. The van der Waals surface area contributed by atoms with Gasteiger partial charge in [0.15, 0.2) is 0 Å². The van der Waals surface area contributed by atoms with Gasteiger partial charge in [-0.15, -0.1) is 0 Å². The Bertz CT molecular complexity index is 698. The number of nitrogens with zero attached hydrogens (tertiary/aromatic N) is 2. The number of hydrogen-bond donors (Lipinski definition) is 5. The van der Waals surface area contributed by atoms with Crippen molar-refractivity contribution in [3.63, 3.8) is 0 Å². The molecule has 30 heavy (non-hydrogen) atoms. The Hall–Kier alpha value is -3.14. The van der Waals surface area contributed by atoms with Gasteiger partial charge in [-0.2, -0.15) is 5.10 Å². The molecule has 0 radical (unpaired) electrons. The van der Waals surface area contributed by atoms with Crippen LogP contribution in [0, 0.1) is 11.8 Å². The Morgan fingerprint density at radius 1 is 1.33 bits per heavy atom. The van der Waals surface area contributed by atoms with E-state index in [4.69, 9.17) is 20.7 Å². The molecule has 2 aliphatic rings. The largest absolute Gasteiger partial charge is 0.497 e. The van der Waals surface area contributed by atoms with E-state index >= 15 is 0 Å². The number of aliphatic imine (C=N–C) groups is 1. The van der Waals surface area contributed by atoms with Crippen LogP contribution in [0.4, 0.5) is 0 Å². The lowest BCUT2D eigenvalue weighted by molar-refractivity contribution is -0.134. The summed E-state index contributed by atoms with van der Waals surface area (Å²) < 4.78 is 5.30. The van der Waals surface area contributed by atoms with Crippen molar-refractivity contribution in [2.45, 2.75) is 32.2 Å². The second kappa shape index (κ2) is 13.9. The van der Waals surface area contributed by atoms with E-state index < -0.39 is 11.9 Å². The third-order valence-electron chi connectivity index (χ3n) is 4.42. The van der Waals surface area contributed by atoms with Gasteiger partial charge in [0.1, 0.15) is 5.76 Å². The fourth-order valence-electron chi connectivity index (χ4n) is 2.90. The van der Waals surface area contributed by atoms with Gasteiger partial charge in [-0.25, -0.2) is 15.0 Å². The summed E-state index contributed by atoms with van der Waals surface area (Å²) in [4.78, 5) is 23.4. The Balaban J connectivity index is 0.000000479. The number of rotatable bonds is 9. The molecule has 10 nitrogen and oxygen atoms in total. The number of nitrogens with one attached hydrogen (secondary N) is 2. The molecule has 0 amide bonds. The van der Waals surface area contributed by atoms with Crippen LogP contribution in [-0.2, 0) is 14.3 Å². The monoisotopic (exact) mass is 421 g/mol. The zero-order chi connectivity index (χ0) is 22.4. The van der Waals surface area contributed by atoms with Gasteiger partial charge in [0.25, 0.3) is 0 Å². The van der Waals surface area contributed by atoms with E-state index in [9.17, 15) is 9.59 Å². The van der Waals surface area contributed by atoms with Crippen LogP contribution in [-0.4, -0.2) is 60.6 Å². The van der Waals surface area contributed by atoms with Crippen LogP contribution in [0.5, 0.6) is 0 Å². The van der Waals surface area contributed by atoms with E-state index in [-0.39, 0.29) is 0 Å². The Morgan fingerprint density at radius 3 is 2.63 bits per heavy atom. The Morgan fingerprint density at radius 2 is 2.03 bits per heavy atom. The van der Waals surface area contributed by atoms with Gasteiger partial charge >= 0.3 is 11.9 Å². The minimum absolute atomic E-state index is 0.320. The number of carboxylic acids is 2. The topological polar surface area (TPSA) is 159 Å². The van der Waals surface area contributed by atoms with Crippen molar-refractivity contribution in [1.29, 1.82) is 0 Å². The number of ether oxygens (including phenoxy) is 1. The smallest absolute Gasteiger partial charge is 0.328 e. The first-order valence-corrected chi connectivity index (χ1v) is 9.77. The summed E-state index contributed by atoms with van der Waals surface area (Å²) in [5, 5.41) is 23.3. The van der Waals surface area contributed by atoms with Gasteiger partial charge in [-0.05, 0) is 18.6 Å². The van der Waals surface area contributed by atoms with Gasteiger partial charge in [0, 0.05) is 49.3 Å². The summed E-state index contributed by atoms with van der Waals surface area (Å²) in [5.41, 5.74) is 8.59. The van der Waals surface area contributed by atoms with Gasteiger partial charge in [0.2, 0.25) is 5.96 Å². The molecule has 6 N–H and O–H groups in total. The summed E-state index contributed by atoms with van der Waals surface area (Å²) >= 11 is 0. The fraction of sp³-hybridized carbons (Fsp3) is 0.500. The molecule has 0 spiro atoms. The van der Waals surface area contributed by atoms with Crippen molar-refractivity contribution in [1.82, 2.24) is 10.7 Å². The number of unbranched alkanes of at least 4 members (excludes halogenated alkanes) is 2. The molecule has 0 aromatic carbocycles. The summed E-state index contributed by atoms with van der Waals surface area (Å²) in [7, 11) is 1.69. The third-order valence-corrected chi connectivity index (χ3v) is 4.42. The van der Waals surface area contributed by atoms with Crippen molar-refractivity contribution in [2.24, 2.45) is 27.7 Å². The van der Waals surface area contributed by atoms with Crippen molar-refractivity contribution >= 4 is 24.1 Å². The lowest BCUT2D eigenvalue weighted by atomic mass is 9.88. The highest BCUT2D eigenvalue weighted by Gasteiger charge is 2.34. The maximum atomic E-state index is 9.55. The standard InChI is InChI=1S/C16H27N5O.C4H4O4/c1-3-4-5-8-18-16(17)21-20-11-12-10-19-15-7-6-13(22-2)9-14(12)15;5-3(6)1-2-4(7)8/h6-7,9,11-12,14-15,19H,3-5,8,10H2,1-2H3,(H3,17,18,21);1-2H,(H,5,6)(H,7,8)/b20-11+;2-1-. The molecule has 2 rings (SSSR count). The molecule has 0 aromatic heterocycles. The molecule has 1 fully saturated rings. The van der Waals surface area contributed by atoms with Crippen LogP contribution in [0.1, 0.15) is 26.2 Å². The predicted octanol–water partition coefficient (Wildman–Crippen LogP) is 1.08. The maximum Gasteiger partial charge on any atom is 0.328 e. The quantitative estimate of drug-likeness (QED) is 0.122. The highest BCUT2D eigenvalue weighted by molar-refractivity contribution is 5.89. The van der Waals surface area contributed by atoms with Crippen LogP contribution in [0.25, 0.3) is 0 Å². The fourth-order valence-corrected chi connectivity index (χ4v) is 2.90. The van der Waals surface area contributed by atoms with E-state index in [2.05, 4.69) is 39.9 Å². The lowest BCUT2D eigenvalue weighted by Crippen LogP contribution is -2.29. The van der Waals surface area contributed by atoms with Crippen LogP contribution in [0.3, 0.4) is 0 Å². The molecule has 3 unspecified atom stereocenters. The molecule has 1 saturated heterocycles. The van der Waals surface area contributed by atoms with Crippen LogP contribution < -0.4 is 16.5 Å². The van der Waals surface area contributed by atoms with Crippen molar-refractivity contribution in [3.8, 4) is 0 Å². The molecular weight excluding hydrogens is 390 g/mol. The number of allylic oxidation sites excluding steroid dienone is 1. The zero-order valence-electron chi connectivity index (χ0n) is 17.3. The second-order valence-corrected chi connectivity index (χ2v) is 6.68. The van der Waals surface area contributed by atoms with Crippen molar-refractivity contribution in [3.05, 3.63) is 36.1 Å². The Labute approximate surface area is 176 Å². The number of fused-ring (bicyclic) bond motifs is 1. The van der Waals surface area contributed by atoms with E-state index in [1.165, 1.54) is 12.8 Å². The predicted molar refractivity (Wildman–Crippen MR) is 115 cm³/mol. The number of methoxy groups -OCH3 is 1. The number of nitrogens with two attached hydrogens (primary N) is 1. The van der Waals surface area contributed by atoms with E-state index in [0.29, 0.717) is 36.0 Å². The van der Waals surface area contributed by atoms with E-state index in [1.807, 2.05) is 12.3 Å². The number of hydrogen-bond acceptors (Lipinski definition) is 6. The second-order valence-electron chi connectivity index (χ2n) is 6.68. The van der Waals surface area contributed by atoms with Gasteiger partial charge < -0.3 is 26.0 Å². The van der Waals surface area contributed by atoms with Crippen LogP contribution in [0.15, 0.2) is 46.2 Å². The van der Waals surface area contributed by atoms with Gasteiger partial charge in [-0.3, -0.25) is 4.99 Å². The zero-order valence-corrected chi connectivity index (χ0v) is 17.3. The van der Waals surface area contributed by atoms with Crippen LogP contribution in [0.2, 0.25) is 0 Å². The molecular formula is C20H31N5O5. The summed E-state index contributed by atoms with van der Waals surface area (Å²) in [6, 6.07) is 0.357. The highest BCUT2D eigenvalue weighted by atomic mass is 16.5. The molecule has 3 atom stereocenters. The first-order chi connectivity index (χ1) is 14.4. The number of carboxylic acid groups (broad SMARTS) is 2. The van der Waals surface area contributed by atoms with Crippen LogP contribution >= 0.6 is 0 Å². The molecule has 0 bridgehead atoms. The number of aliphatic carboxylic acids is 2. The van der Waals surface area contributed by atoms with E-state index in [1.54, 1.807) is 7.11 Å². The summed E-state index contributed by atoms with van der Waals surface area (Å²) in [5.74, 6) is -0.534. The lowest BCUT2D eigenvalue weighted by Gasteiger charge is -2.20. The van der Waals surface area contributed by atoms with Crippen molar-refractivity contribution < 1.29 is 24.5 Å². The first kappa shape index (κ1) is 24.9. The SMILES string of the molecule is CCCCCN=C(N)N/N=C/C1CNC2C=CC(OC)=CC12.O=C(O)/C=C\C(=O)O. The van der Waals surface area contributed by atoms with E-state index in [0.717, 1.165) is 25.3 Å². The molecule has 0 saturated carbocycles. The van der Waals surface area contributed by atoms with Crippen molar-refractivity contribution in [2.75, 3.05) is 20.2 Å². The number of guanidine groups is 1. The first-order valence-electron chi connectivity index (χ1n) is 9.77. The average Bonchev–Trinajstić information content (AvgIpc) is 3.12. The van der Waals surface area contributed by atoms with Gasteiger partial charge in [-0.1, -0.05) is 25.8 Å². The number of carbonyl (C=O) groups is 2. The maximum absolute atomic E-state index is 9.55. The molecule has 10 heteroatoms.